The Morgan fingerprint density at radius 2 is 2.00 bits per heavy atom. The molecule has 2 aromatic rings. The minimum absolute atomic E-state index is 0.179. The standard InChI is InChI=1S/C16H16N2O2/c1-10-6-4-5-7-12(10)11-8-13-14(17-9-11)18-15(19)16(2,3)20-13/h4-9H,1-3H3,(H,17,18,19). The fourth-order valence-corrected chi connectivity index (χ4v) is 2.24. The number of carbonyl (C=O) groups excluding carboxylic acids is 1. The van der Waals surface area contributed by atoms with E-state index in [0.29, 0.717) is 11.6 Å². The number of rotatable bonds is 1. The molecule has 0 spiro atoms. The van der Waals surface area contributed by atoms with E-state index in [0.717, 1.165) is 11.1 Å². The van der Waals surface area contributed by atoms with Crippen molar-refractivity contribution in [2.45, 2.75) is 26.4 Å². The third-order valence-corrected chi connectivity index (χ3v) is 3.45. The number of ether oxygens (including phenoxy) is 1. The van der Waals surface area contributed by atoms with Gasteiger partial charge in [0.1, 0.15) is 0 Å². The predicted molar refractivity (Wildman–Crippen MR) is 77.7 cm³/mol. The first-order chi connectivity index (χ1) is 9.47. The van der Waals surface area contributed by atoms with Gasteiger partial charge >= 0.3 is 0 Å². The van der Waals surface area contributed by atoms with Crippen molar-refractivity contribution in [1.29, 1.82) is 0 Å². The molecule has 102 valence electrons. The molecule has 0 saturated carbocycles. The minimum atomic E-state index is -0.876. The van der Waals surface area contributed by atoms with Crippen molar-refractivity contribution in [3.8, 4) is 16.9 Å². The zero-order chi connectivity index (χ0) is 14.3. The van der Waals surface area contributed by atoms with Gasteiger partial charge in [0.15, 0.2) is 17.2 Å². The highest BCUT2D eigenvalue weighted by molar-refractivity contribution is 5.99. The number of fused-ring (bicyclic) bond motifs is 1. The molecular formula is C16H16N2O2. The van der Waals surface area contributed by atoms with Crippen LogP contribution in [0.3, 0.4) is 0 Å². The van der Waals surface area contributed by atoms with Crippen LogP contribution < -0.4 is 10.1 Å². The Labute approximate surface area is 117 Å². The molecule has 0 unspecified atom stereocenters. The maximum atomic E-state index is 11.8. The Kier molecular flexibility index (Phi) is 2.74. The molecule has 20 heavy (non-hydrogen) atoms. The van der Waals surface area contributed by atoms with Crippen LogP contribution in [0, 0.1) is 6.92 Å². The van der Waals surface area contributed by atoms with E-state index in [2.05, 4.69) is 23.3 Å². The molecule has 0 fully saturated rings. The molecule has 1 aromatic heterocycles. The lowest BCUT2D eigenvalue weighted by Crippen LogP contribution is -2.45. The van der Waals surface area contributed by atoms with Gasteiger partial charge in [-0.25, -0.2) is 4.98 Å². The summed E-state index contributed by atoms with van der Waals surface area (Å²) >= 11 is 0. The van der Waals surface area contributed by atoms with Gasteiger partial charge in [-0.15, -0.1) is 0 Å². The van der Waals surface area contributed by atoms with Crippen molar-refractivity contribution in [2.24, 2.45) is 0 Å². The first-order valence-corrected chi connectivity index (χ1v) is 6.54. The summed E-state index contributed by atoms with van der Waals surface area (Å²) in [6, 6.07) is 10.0. The zero-order valence-electron chi connectivity index (χ0n) is 11.7. The highest BCUT2D eigenvalue weighted by atomic mass is 16.5. The molecule has 4 nitrogen and oxygen atoms in total. The van der Waals surface area contributed by atoms with Gasteiger partial charge in [0.25, 0.3) is 5.91 Å². The molecule has 1 aliphatic rings. The van der Waals surface area contributed by atoms with Gasteiger partial charge in [-0.2, -0.15) is 0 Å². The van der Waals surface area contributed by atoms with Crippen molar-refractivity contribution < 1.29 is 9.53 Å². The summed E-state index contributed by atoms with van der Waals surface area (Å²) in [6.07, 6.45) is 1.75. The summed E-state index contributed by atoms with van der Waals surface area (Å²) in [5.74, 6) is 0.906. The molecule has 0 aliphatic carbocycles. The van der Waals surface area contributed by atoms with E-state index in [-0.39, 0.29) is 5.91 Å². The van der Waals surface area contributed by atoms with E-state index in [1.165, 1.54) is 5.56 Å². The summed E-state index contributed by atoms with van der Waals surface area (Å²) in [4.78, 5) is 16.1. The number of nitrogens with zero attached hydrogens (tertiary/aromatic N) is 1. The van der Waals surface area contributed by atoms with Crippen molar-refractivity contribution in [3.05, 3.63) is 42.1 Å². The second kappa shape index (κ2) is 4.34. The van der Waals surface area contributed by atoms with E-state index >= 15 is 0 Å². The molecule has 4 heteroatoms. The number of aryl methyl sites for hydroxylation is 1. The van der Waals surface area contributed by atoms with Gasteiger partial charge in [-0.3, -0.25) is 4.79 Å². The molecule has 1 aliphatic heterocycles. The molecule has 1 amide bonds. The van der Waals surface area contributed by atoms with Crippen LogP contribution in [0.5, 0.6) is 5.75 Å². The number of hydrogen-bond donors (Lipinski definition) is 1. The van der Waals surface area contributed by atoms with Gasteiger partial charge in [0.2, 0.25) is 0 Å². The Morgan fingerprint density at radius 1 is 1.25 bits per heavy atom. The van der Waals surface area contributed by atoms with Gasteiger partial charge in [0, 0.05) is 11.8 Å². The van der Waals surface area contributed by atoms with E-state index in [1.807, 2.05) is 24.3 Å². The summed E-state index contributed by atoms with van der Waals surface area (Å²) < 4.78 is 5.76. The third kappa shape index (κ3) is 2.03. The van der Waals surface area contributed by atoms with Gasteiger partial charge in [-0.1, -0.05) is 24.3 Å². The largest absolute Gasteiger partial charge is 0.474 e. The number of aromatic nitrogens is 1. The van der Waals surface area contributed by atoms with Crippen LogP contribution >= 0.6 is 0 Å². The molecule has 1 N–H and O–H groups in total. The van der Waals surface area contributed by atoms with Crippen LogP contribution in [0.4, 0.5) is 5.82 Å². The topological polar surface area (TPSA) is 51.2 Å². The predicted octanol–water partition coefficient (Wildman–Crippen LogP) is 3.17. The molecule has 1 aromatic carbocycles. The van der Waals surface area contributed by atoms with E-state index in [9.17, 15) is 4.79 Å². The minimum Gasteiger partial charge on any atom is -0.474 e. The monoisotopic (exact) mass is 268 g/mol. The summed E-state index contributed by atoms with van der Waals surface area (Å²) in [5.41, 5.74) is 2.39. The van der Waals surface area contributed by atoms with Crippen LogP contribution in [0.15, 0.2) is 36.5 Å². The lowest BCUT2D eigenvalue weighted by Gasteiger charge is -2.31. The summed E-state index contributed by atoms with van der Waals surface area (Å²) in [5, 5.41) is 2.77. The first kappa shape index (κ1) is 12.7. The molecule has 3 rings (SSSR count). The lowest BCUT2D eigenvalue weighted by atomic mass is 10.0. The second-order valence-corrected chi connectivity index (χ2v) is 5.45. The fourth-order valence-electron chi connectivity index (χ4n) is 2.24. The lowest BCUT2D eigenvalue weighted by molar-refractivity contribution is -0.129. The first-order valence-electron chi connectivity index (χ1n) is 6.54. The molecule has 0 bridgehead atoms. The number of pyridine rings is 1. The van der Waals surface area contributed by atoms with Gasteiger partial charge < -0.3 is 10.1 Å². The molecule has 0 radical (unpaired) electrons. The number of hydrogen-bond acceptors (Lipinski definition) is 3. The number of nitrogens with one attached hydrogen (secondary N) is 1. The van der Waals surface area contributed by atoms with Crippen LogP contribution in [-0.4, -0.2) is 16.5 Å². The Bertz CT molecular complexity index is 693. The van der Waals surface area contributed by atoms with Crippen molar-refractivity contribution in [1.82, 2.24) is 4.98 Å². The Morgan fingerprint density at radius 3 is 2.75 bits per heavy atom. The number of anilines is 1. The van der Waals surface area contributed by atoms with Crippen molar-refractivity contribution in [2.75, 3.05) is 5.32 Å². The Balaban J connectivity index is 2.07. The average molecular weight is 268 g/mol. The van der Waals surface area contributed by atoms with E-state index < -0.39 is 5.60 Å². The quantitative estimate of drug-likeness (QED) is 0.864. The molecule has 2 heterocycles. The summed E-state index contributed by atoms with van der Waals surface area (Å²) in [6.45, 7) is 5.54. The Hall–Kier alpha value is -2.36. The maximum absolute atomic E-state index is 11.8. The summed E-state index contributed by atoms with van der Waals surface area (Å²) in [7, 11) is 0. The smallest absolute Gasteiger partial charge is 0.269 e. The molecular weight excluding hydrogens is 252 g/mol. The van der Waals surface area contributed by atoms with Crippen LogP contribution in [0.25, 0.3) is 11.1 Å². The zero-order valence-corrected chi connectivity index (χ0v) is 11.7. The highest BCUT2D eigenvalue weighted by Crippen LogP contribution is 2.35. The van der Waals surface area contributed by atoms with Crippen LogP contribution in [0.1, 0.15) is 19.4 Å². The second-order valence-electron chi connectivity index (χ2n) is 5.45. The number of amides is 1. The fraction of sp³-hybridized carbons (Fsp3) is 0.250. The molecule has 0 atom stereocenters. The maximum Gasteiger partial charge on any atom is 0.269 e. The van der Waals surface area contributed by atoms with Crippen LogP contribution in [-0.2, 0) is 4.79 Å². The molecule has 0 saturated heterocycles. The van der Waals surface area contributed by atoms with Crippen molar-refractivity contribution in [3.63, 3.8) is 0 Å². The average Bonchev–Trinajstić information content (AvgIpc) is 2.40. The SMILES string of the molecule is Cc1ccccc1-c1cnc2c(c1)OC(C)(C)C(=O)N2. The van der Waals surface area contributed by atoms with E-state index in [4.69, 9.17) is 4.74 Å². The normalized spacial score (nSPS) is 16.1. The van der Waals surface area contributed by atoms with Gasteiger partial charge in [-0.05, 0) is 38.0 Å². The number of benzene rings is 1. The van der Waals surface area contributed by atoms with Gasteiger partial charge in [0.05, 0.1) is 0 Å². The highest BCUT2D eigenvalue weighted by Gasteiger charge is 2.36. The van der Waals surface area contributed by atoms with E-state index in [1.54, 1.807) is 20.0 Å². The number of carbonyl (C=O) groups is 1. The van der Waals surface area contributed by atoms with Crippen LogP contribution in [0.2, 0.25) is 0 Å². The third-order valence-electron chi connectivity index (χ3n) is 3.45. The van der Waals surface area contributed by atoms with Crippen molar-refractivity contribution >= 4 is 11.7 Å².